The summed E-state index contributed by atoms with van der Waals surface area (Å²) in [5, 5.41) is 10.7. The first-order valence-electron chi connectivity index (χ1n) is 8.50. The van der Waals surface area contributed by atoms with Crippen molar-refractivity contribution in [2.75, 3.05) is 0 Å². The molecular formula is C20H16BClFNO2. The Morgan fingerprint density at radius 2 is 2.04 bits per heavy atom. The number of carbonyl (C=O) groups is 1. The predicted molar refractivity (Wildman–Crippen MR) is 101 cm³/mol. The second kappa shape index (κ2) is 6.47. The van der Waals surface area contributed by atoms with Gasteiger partial charge in [-0.2, -0.15) is 0 Å². The van der Waals surface area contributed by atoms with Crippen LogP contribution in [-0.4, -0.2) is 23.5 Å². The molecule has 0 saturated carbocycles. The molecule has 1 aliphatic carbocycles. The number of halogens is 2. The molecule has 0 spiro atoms. The van der Waals surface area contributed by atoms with E-state index in [1.54, 1.807) is 0 Å². The summed E-state index contributed by atoms with van der Waals surface area (Å²) in [5.41, 5.74) is 4.17. The molecule has 1 aromatic heterocycles. The summed E-state index contributed by atoms with van der Waals surface area (Å²) in [6.45, 7) is 0.537. The molecule has 0 fully saturated rings. The van der Waals surface area contributed by atoms with Crippen molar-refractivity contribution in [2.45, 2.75) is 31.7 Å². The van der Waals surface area contributed by atoms with Crippen LogP contribution in [-0.2, 0) is 17.8 Å². The van der Waals surface area contributed by atoms with Gasteiger partial charge in [0, 0.05) is 34.1 Å². The minimum absolute atomic E-state index is 0.0618. The van der Waals surface area contributed by atoms with Gasteiger partial charge in [0.1, 0.15) is 13.7 Å². The summed E-state index contributed by atoms with van der Waals surface area (Å²) in [7, 11) is 6.15. The van der Waals surface area contributed by atoms with E-state index in [2.05, 4.69) is 4.57 Å². The molecule has 1 unspecified atom stereocenters. The highest BCUT2D eigenvalue weighted by atomic mass is 35.5. The van der Waals surface area contributed by atoms with E-state index in [1.807, 2.05) is 24.3 Å². The number of rotatable bonds is 4. The van der Waals surface area contributed by atoms with E-state index in [4.69, 9.17) is 19.4 Å². The van der Waals surface area contributed by atoms with Crippen molar-refractivity contribution in [3.8, 4) is 0 Å². The largest absolute Gasteiger partial charge is 0.481 e. The Morgan fingerprint density at radius 3 is 2.73 bits per heavy atom. The van der Waals surface area contributed by atoms with Crippen LogP contribution in [0.25, 0.3) is 10.9 Å². The number of fused-ring (bicyclic) bond motifs is 3. The zero-order valence-corrected chi connectivity index (χ0v) is 14.8. The van der Waals surface area contributed by atoms with Gasteiger partial charge in [-0.1, -0.05) is 29.2 Å². The van der Waals surface area contributed by atoms with Crippen LogP contribution in [0.1, 0.15) is 35.6 Å². The van der Waals surface area contributed by atoms with Gasteiger partial charge in [0.15, 0.2) is 0 Å². The number of carboxylic acid groups (broad SMARTS) is 1. The second-order valence-corrected chi connectivity index (χ2v) is 7.24. The molecule has 4 rings (SSSR count). The van der Waals surface area contributed by atoms with Gasteiger partial charge in [-0.05, 0) is 48.2 Å². The van der Waals surface area contributed by atoms with Crippen molar-refractivity contribution in [2.24, 2.45) is 0 Å². The van der Waals surface area contributed by atoms with E-state index in [0.29, 0.717) is 17.0 Å². The van der Waals surface area contributed by atoms with E-state index in [-0.39, 0.29) is 18.2 Å². The maximum Gasteiger partial charge on any atom is 0.304 e. The second-order valence-electron chi connectivity index (χ2n) is 6.80. The van der Waals surface area contributed by atoms with Crippen LogP contribution in [0.2, 0.25) is 5.02 Å². The fourth-order valence-electron chi connectivity index (χ4n) is 4.10. The van der Waals surface area contributed by atoms with E-state index < -0.39 is 5.97 Å². The Bertz CT molecular complexity index is 1010. The van der Waals surface area contributed by atoms with E-state index in [9.17, 15) is 14.3 Å². The molecule has 26 heavy (non-hydrogen) atoms. The smallest absolute Gasteiger partial charge is 0.304 e. The molecule has 0 amide bonds. The van der Waals surface area contributed by atoms with Crippen molar-refractivity contribution >= 4 is 41.8 Å². The van der Waals surface area contributed by atoms with Crippen LogP contribution in [0, 0.1) is 5.82 Å². The Morgan fingerprint density at radius 1 is 1.31 bits per heavy atom. The van der Waals surface area contributed by atoms with Crippen molar-refractivity contribution in [3.63, 3.8) is 0 Å². The molecular weight excluding hydrogens is 351 g/mol. The number of hydrogen-bond acceptors (Lipinski definition) is 1. The Kier molecular flexibility index (Phi) is 4.27. The first-order valence-corrected chi connectivity index (χ1v) is 8.88. The minimum Gasteiger partial charge on any atom is -0.481 e. The summed E-state index contributed by atoms with van der Waals surface area (Å²) in [6, 6.07) is 10.3. The predicted octanol–water partition coefficient (Wildman–Crippen LogP) is 3.78. The molecule has 1 atom stereocenters. The Labute approximate surface area is 156 Å². The SMILES string of the molecule is [B]c1cc(F)cc2c3c(n(Cc4ccc(Cl)cc4)c12)C(CC(=O)O)CC3. The van der Waals surface area contributed by atoms with Crippen molar-refractivity contribution < 1.29 is 14.3 Å². The molecule has 0 bridgehead atoms. The zero-order valence-electron chi connectivity index (χ0n) is 14.0. The molecule has 130 valence electrons. The first-order chi connectivity index (χ1) is 12.4. The van der Waals surface area contributed by atoms with Crippen LogP contribution in [0.4, 0.5) is 4.39 Å². The maximum atomic E-state index is 14.0. The molecule has 1 heterocycles. The number of aromatic nitrogens is 1. The van der Waals surface area contributed by atoms with E-state index >= 15 is 0 Å². The first kappa shape index (κ1) is 17.2. The van der Waals surface area contributed by atoms with Gasteiger partial charge < -0.3 is 9.67 Å². The van der Waals surface area contributed by atoms with Crippen LogP contribution >= 0.6 is 11.6 Å². The lowest BCUT2D eigenvalue weighted by molar-refractivity contribution is -0.137. The quantitative estimate of drug-likeness (QED) is 0.713. The summed E-state index contributed by atoms with van der Waals surface area (Å²) in [4.78, 5) is 11.3. The number of benzene rings is 2. The van der Waals surface area contributed by atoms with Gasteiger partial charge >= 0.3 is 5.97 Å². The molecule has 1 aliphatic rings. The molecule has 2 radical (unpaired) electrons. The number of nitrogens with zero attached hydrogens (tertiary/aromatic N) is 1. The fraction of sp³-hybridized carbons (Fsp3) is 0.250. The molecule has 2 aromatic carbocycles. The Hall–Kier alpha value is -2.27. The topological polar surface area (TPSA) is 42.2 Å². The lowest BCUT2D eigenvalue weighted by Gasteiger charge is -2.16. The fourth-order valence-corrected chi connectivity index (χ4v) is 4.23. The molecule has 3 aromatic rings. The van der Waals surface area contributed by atoms with Gasteiger partial charge in [0.2, 0.25) is 0 Å². The molecule has 0 saturated heterocycles. The lowest BCUT2D eigenvalue weighted by Crippen LogP contribution is -2.15. The average Bonchev–Trinajstić information content (AvgIpc) is 3.09. The molecule has 0 aliphatic heterocycles. The monoisotopic (exact) mass is 367 g/mol. The number of hydrogen-bond donors (Lipinski definition) is 1. The van der Waals surface area contributed by atoms with Gasteiger partial charge in [0.25, 0.3) is 0 Å². The third-order valence-electron chi connectivity index (χ3n) is 5.10. The highest BCUT2D eigenvalue weighted by Crippen LogP contribution is 2.41. The maximum absolute atomic E-state index is 14.0. The summed E-state index contributed by atoms with van der Waals surface area (Å²) in [5.74, 6) is -1.29. The minimum atomic E-state index is -0.828. The number of aryl methyl sites for hydroxylation is 1. The molecule has 6 heteroatoms. The Balaban J connectivity index is 1.91. The molecule has 3 nitrogen and oxygen atoms in total. The standard InChI is InChI=1S/C20H16BClFNO2/c21-17-9-14(23)8-16-15-6-3-12(7-18(25)26)19(15)24(20(16)17)10-11-1-4-13(22)5-2-11/h1-2,4-5,8-9,12H,3,6-7,10H2,(H,25,26). The van der Waals surface area contributed by atoms with E-state index in [1.165, 1.54) is 12.1 Å². The normalized spacial score (nSPS) is 16.2. The van der Waals surface area contributed by atoms with E-state index in [0.717, 1.165) is 40.6 Å². The number of aliphatic carboxylic acids is 1. The highest BCUT2D eigenvalue weighted by Gasteiger charge is 2.32. The van der Waals surface area contributed by atoms with Gasteiger partial charge in [0.05, 0.1) is 6.42 Å². The van der Waals surface area contributed by atoms with Crippen LogP contribution in [0.15, 0.2) is 36.4 Å². The summed E-state index contributed by atoms with van der Waals surface area (Å²) < 4.78 is 16.0. The van der Waals surface area contributed by atoms with Gasteiger partial charge in [-0.3, -0.25) is 4.79 Å². The van der Waals surface area contributed by atoms with Gasteiger partial charge in [-0.25, -0.2) is 4.39 Å². The van der Waals surface area contributed by atoms with Crippen LogP contribution in [0.5, 0.6) is 0 Å². The summed E-state index contributed by atoms with van der Waals surface area (Å²) in [6.07, 6.45) is 1.55. The van der Waals surface area contributed by atoms with Crippen molar-refractivity contribution in [3.05, 3.63) is 64.1 Å². The third kappa shape index (κ3) is 2.90. The van der Waals surface area contributed by atoms with Gasteiger partial charge in [-0.15, -0.1) is 0 Å². The number of carboxylic acids is 1. The zero-order chi connectivity index (χ0) is 18.4. The van der Waals surface area contributed by atoms with Crippen molar-refractivity contribution in [1.82, 2.24) is 4.57 Å². The highest BCUT2D eigenvalue weighted by molar-refractivity contribution is 6.38. The summed E-state index contributed by atoms with van der Waals surface area (Å²) >= 11 is 5.97. The third-order valence-corrected chi connectivity index (χ3v) is 5.36. The van der Waals surface area contributed by atoms with Crippen molar-refractivity contribution in [1.29, 1.82) is 0 Å². The average molecular weight is 368 g/mol. The lowest BCUT2D eigenvalue weighted by atomic mass is 9.92. The molecule has 1 N–H and O–H groups in total. The van der Waals surface area contributed by atoms with Crippen LogP contribution in [0.3, 0.4) is 0 Å². The van der Waals surface area contributed by atoms with Crippen LogP contribution < -0.4 is 5.46 Å².